The van der Waals surface area contributed by atoms with Gasteiger partial charge in [0.05, 0.1) is 20.1 Å². The number of methoxy groups -OCH3 is 1. The van der Waals surface area contributed by atoms with Crippen LogP contribution < -0.4 is 10.1 Å². The predicted octanol–water partition coefficient (Wildman–Crippen LogP) is 2.88. The number of alkyl halides is 2. The van der Waals surface area contributed by atoms with Gasteiger partial charge in [0.2, 0.25) is 11.8 Å². The molecule has 1 aliphatic carbocycles. The summed E-state index contributed by atoms with van der Waals surface area (Å²) in [4.78, 5) is 28.4. The Morgan fingerprint density at radius 2 is 2.20 bits per heavy atom. The lowest BCUT2D eigenvalue weighted by atomic mass is 10.0. The highest BCUT2D eigenvalue weighted by molar-refractivity contribution is 5.91. The second-order valence-electron chi connectivity index (χ2n) is 7.13. The number of H-pyrrole nitrogens is 1. The fourth-order valence-electron chi connectivity index (χ4n) is 3.71. The van der Waals surface area contributed by atoms with Crippen LogP contribution in [-0.2, 0) is 11.2 Å². The van der Waals surface area contributed by atoms with Gasteiger partial charge in [0.1, 0.15) is 0 Å². The number of nitrogens with zero attached hydrogens (tertiary/aromatic N) is 3. The summed E-state index contributed by atoms with van der Waals surface area (Å²) in [7, 11) is 1.49. The third-order valence-electron chi connectivity index (χ3n) is 5.10. The van der Waals surface area contributed by atoms with E-state index in [0.29, 0.717) is 31.0 Å². The first-order valence-electron chi connectivity index (χ1n) is 9.47. The molecule has 3 rings (SSSR count). The van der Waals surface area contributed by atoms with Crippen molar-refractivity contribution in [3.63, 3.8) is 0 Å². The van der Waals surface area contributed by atoms with Gasteiger partial charge in [-0.05, 0) is 30.9 Å². The first kappa shape index (κ1) is 21.5. The van der Waals surface area contributed by atoms with E-state index in [1.165, 1.54) is 7.11 Å². The van der Waals surface area contributed by atoms with Gasteiger partial charge in [-0.2, -0.15) is 5.10 Å². The molecule has 1 saturated carbocycles. The number of amides is 2. The van der Waals surface area contributed by atoms with Crippen LogP contribution in [0.15, 0.2) is 24.4 Å². The molecule has 0 spiro atoms. The number of carbonyl (C=O) groups is 2. The molecule has 162 valence electrons. The fourth-order valence-corrected chi connectivity index (χ4v) is 3.71. The largest absolute Gasteiger partial charge is 0.481 e. The molecule has 1 fully saturated rings. The number of ether oxygens (including phenoxy) is 1. The van der Waals surface area contributed by atoms with Gasteiger partial charge in [0.25, 0.3) is 6.43 Å². The van der Waals surface area contributed by atoms with E-state index in [1.54, 1.807) is 24.4 Å². The van der Waals surface area contributed by atoms with Crippen molar-refractivity contribution in [2.75, 3.05) is 19.0 Å². The Hall–Kier alpha value is -3.24. The van der Waals surface area contributed by atoms with Gasteiger partial charge in [-0.15, -0.1) is 0 Å². The smallest absolute Gasteiger partial charge is 0.407 e. The maximum absolute atomic E-state index is 12.7. The average molecular weight is 423 g/mol. The normalized spacial score (nSPS) is 18.4. The van der Waals surface area contributed by atoms with Gasteiger partial charge in [0, 0.05) is 36.0 Å². The number of hydrogen-bond acceptors (Lipinski definition) is 5. The summed E-state index contributed by atoms with van der Waals surface area (Å²) in [6.45, 7) is -0.795. The lowest BCUT2D eigenvalue weighted by Gasteiger charge is -2.25. The van der Waals surface area contributed by atoms with E-state index in [1.807, 2.05) is 0 Å². The zero-order valence-electron chi connectivity index (χ0n) is 16.3. The molecular weight excluding hydrogens is 400 g/mol. The van der Waals surface area contributed by atoms with Crippen LogP contribution in [0, 0.1) is 0 Å². The van der Waals surface area contributed by atoms with E-state index >= 15 is 0 Å². The molecule has 3 N–H and O–H groups in total. The van der Waals surface area contributed by atoms with Crippen molar-refractivity contribution in [3.8, 4) is 5.88 Å². The Morgan fingerprint density at radius 1 is 1.40 bits per heavy atom. The van der Waals surface area contributed by atoms with E-state index in [-0.39, 0.29) is 18.2 Å². The zero-order chi connectivity index (χ0) is 21.7. The molecule has 1 aliphatic rings. The van der Waals surface area contributed by atoms with Gasteiger partial charge in [-0.25, -0.2) is 18.6 Å². The van der Waals surface area contributed by atoms with Crippen LogP contribution in [0.2, 0.25) is 0 Å². The molecule has 0 aromatic carbocycles. The molecule has 0 bridgehead atoms. The number of carboxylic acid groups (broad SMARTS) is 1. The Balaban J connectivity index is 1.57. The van der Waals surface area contributed by atoms with E-state index in [2.05, 4.69) is 20.5 Å². The minimum absolute atomic E-state index is 0.0443. The molecule has 0 saturated heterocycles. The van der Waals surface area contributed by atoms with Crippen molar-refractivity contribution >= 4 is 17.8 Å². The van der Waals surface area contributed by atoms with E-state index in [0.717, 1.165) is 16.2 Å². The number of aromatic amines is 1. The molecule has 2 aromatic rings. The lowest BCUT2D eigenvalue weighted by molar-refractivity contribution is -0.115. The molecule has 0 aliphatic heterocycles. The van der Waals surface area contributed by atoms with Crippen molar-refractivity contribution in [2.24, 2.45) is 0 Å². The number of aromatic nitrogens is 3. The van der Waals surface area contributed by atoms with Crippen molar-refractivity contribution in [1.82, 2.24) is 20.1 Å². The SMILES string of the molecule is COc1cc(CC(=O)Nc2cc(C3CCC(N(CC(F)F)C(=O)O)C3)[nH]n2)ccn1. The lowest BCUT2D eigenvalue weighted by Crippen LogP contribution is -2.41. The summed E-state index contributed by atoms with van der Waals surface area (Å²) in [6.07, 6.45) is -0.822. The number of pyridine rings is 1. The number of carbonyl (C=O) groups excluding carboxylic acids is 1. The van der Waals surface area contributed by atoms with Gasteiger partial charge in [-0.3, -0.25) is 14.8 Å². The second-order valence-corrected chi connectivity index (χ2v) is 7.13. The van der Waals surface area contributed by atoms with Crippen LogP contribution in [-0.4, -0.2) is 63.3 Å². The maximum Gasteiger partial charge on any atom is 0.407 e. The van der Waals surface area contributed by atoms with E-state index < -0.39 is 25.1 Å². The molecule has 0 radical (unpaired) electrons. The summed E-state index contributed by atoms with van der Waals surface area (Å²) in [5, 5.41) is 18.9. The monoisotopic (exact) mass is 423 g/mol. The summed E-state index contributed by atoms with van der Waals surface area (Å²) >= 11 is 0. The van der Waals surface area contributed by atoms with Crippen LogP contribution in [0.5, 0.6) is 5.88 Å². The van der Waals surface area contributed by atoms with Crippen LogP contribution in [0.1, 0.15) is 36.4 Å². The van der Waals surface area contributed by atoms with Gasteiger partial charge < -0.3 is 15.2 Å². The summed E-state index contributed by atoms with van der Waals surface area (Å²) in [5.74, 6) is 0.458. The standard InChI is InChI=1S/C19H23F2N5O4/c1-30-18-7-11(4-5-22-18)6-17(27)23-16-9-14(24-25-16)12-2-3-13(8-12)26(19(28)29)10-15(20)21/h4-5,7,9,12-13,15H,2-3,6,8,10H2,1H3,(H,28,29)(H2,23,24,25,27). The molecule has 2 atom stereocenters. The van der Waals surface area contributed by atoms with Crippen molar-refractivity contribution < 1.29 is 28.2 Å². The number of rotatable bonds is 8. The number of hydrogen-bond donors (Lipinski definition) is 3. The summed E-state index contributed by atoms with van der Waals surface area (Å²) in [5.41, 5.74) is 1.47. The Morgan fingerprint density at radius 3 is 2.90 bits per heavy atom. The van der Waals surface area contributed by atoms with Crippen molar-refractivity contribution in [3.05, 3.63) is 35.7 Å². The Bertz CT molecular complexity index is 891. The molecule has 11 heteroatoms. The highest BCUT2D eigenvalue weighted by Crippen LogP contribution is 2.37. The minimum atomic E-state index is -2.71. The Kier molecular flexibility index (Phi) is 6.80. The zero-order valence-corrected chi connectivity index (χ0v) is 16.3. The molecule has 2 aromatic heterocycles. The van der Waals surface area contributed by atoms with E-state index in [4.69, 9.17) is 4.74 Å². The number of halogens is 2. The Labute approximate surface area is 171 Å². The maximum atomic E-state index is 12.7. The third-order valence-corrected chi connectivity index (χ3v) is 5.10. The molecule has 30 heavy (non-hydrogen) atoms. The average Bonchev–Trinajstić information content (AvgIpc) is 3.35. The first-order valence-corrected chi connectivity index (χ1v) is 9.47. The van der Waals surface area contributed by atoms with Crippen molar-refractivity contribution in [2.45, 2.75) is 44.1 Å². The van der Waals surface area contributed by atoms with Crippen LogP contribution in [0.25, 0.3) is 0 Å². The summed E-state index contributed by atoms with van der Waals surface area (Å²) in [6, 6.07) is 4.60. The fraction of sp³-hybridized carbons (Fsp3) is 0.474. The molecule has 2 heterocycles. The summed E-state index contributed by atoms with van der Waals surface area (Å²) < 4.78 is 30.4. The number of anilines is 1. The van der Waals surface area contributed by atoms with Gasteiger partial charge in [0.15, 0.2) is 5.82 Å². The van der Waals surface area contributed by atoms with Gasteiger partial charge in [-0.1, -0.05) is 0 Å². The molecule has 9 nitrogen and oxygen atoms in total. The molecular formula is C19H23F2N5O4. The quantitative estimate of drug-likeness (QED) is 0.600. The minimum Gasteiger partial charge on any atom is -0.481 e. The van der Waals surface area contributed by atoms with Gasteiger partial charge >= 0.3 is 6.09 Å². The van der Waals surface area contributed by atoms with Crippen molar-refractivity contribution in [1.29, 1.82) is 0 Å². The number of nitrogens with one attached hydrogen (secondary N) is 2. The first-order chi connectivity index (χ1) is 14.4. The highest BCUT2D eigenvalue weighted by atomic mass is 19.3. The van der Waals surface area contributed by atoms with Crippen LogP contribution in [0.3, 0.4) is 0 Å². The highest BCUT2D eigenvalue weighted by Gasteiger charge is 2.34. The van der Waals surface area contributed by atoms with Crippen LogP contribution >= 0.6 is 0 Å². The third kappa shape index (κ3) is 5.43. The molecule has 2 unspecified atom stereocenters. The van der Waals surface area contributed by atoms with Crippen LogP contribution in [0.4, 0.5) is 19.4 Å². The van der Waals surface area contributed by atoms with E-state index in [9.17, 15) is 23.5 Å². The topological polar surface area (TPSA) is 120 Å². The molecule has 2 amide bonds. The second kappa shape index (κ2) is 9.51. The predicted molar refractivity (Wildman–Crippen MR) is 103 cm³/mol.